The van der Waals surface area contributed by atoms with E-state index in [9.17, 15) is 9.90 Å². The maximum absolute atomic E-state index is 15.5. The van der Waals surface area contributed by atoms with Gasteiger partial charge in [-0.15, -0.1) is 0 Å². The second-order valence-electron chi connectivity index (χ2n) is 15.6. The van der Waals surface area contributed by atoms with Crippen LogP contribution in [0.25, 0.3) is 10.8 Å². The zero-order valence-corrected chi connectivity index (χ0v) is 30.2. The van der Waals surface area contributed by atoms with Crippen molar-refractivity contribution in [3.05, 3.63) is 94.2 Å². The topological polar surface area (TPSA) is 119 Å². The van der Waals surface area contributed by atoms with Crippen molar-refractivity contribution in [2.24, 2.45) is 17.8 Å². The first kappa shape index (κ1) is 33.5. The summed E-state index contributed by atoms with van der Waals surface area (Å²) in [4.78, 5) is 47.5. The smallest absolute Gasteiger partial charge is 0.265 e. The number of aliphatic hydroxyl groups is 1. The number of hydrogen-bond donors (Lipinski definition) is 1. The number of aliphatic hydroxyl groups excluding tert-OH is 1. The number of nitrogens with zero attached hydrogens (tertiary/aromatic N) is 2. The number of ether oxygens (including phenoxy) is 1. The molecule has 7 rings (SSSR count). The van der Waals surface area contributed by atoms with Crippen LogP contribution in [0.2, 0.25) is 18.1 Å². The first-order valence-corrected chi connectivity index (χ1v) is 19.9. The van der Waals surface area contributed by atoms with Crippen molar-refractivity contribution >= 4 is 36.4 Å². The third-order valence-electron chi connectivity index (χ3n) is 11.5. The van der Waals surface area contributed by atoms with E-state index in [0.29, 0.717) is 29.7 Å². The van der Waals surface area contributed by atoms with Crippen LogP contribution in [-0.4, -0.2) is 60.5 Å². The SMILES string of the molecule is CN(C)[C@@H]1c2onc(OCc3ccccc3)c2C(=O)[C@@]2(O[Si](C)(C)C(C)(C)C)C(=O)C3C(=O)c4c(cc5ccccc5c4CO)C[C@H]3C[C@@H]12. The average molecular weight is 681 g/mol. The zero-order valence-electron chi connectivity index (χ0n) is 29.2. The monoisotopic (exact) mass is 680 g/mol. The van der Waals surface area contributed by atoms with Crippen molar-refractivity contribution in [2.75, 3.05) is 14.1 Å². The van der Waals surface area contributed by atoms with Crippen LogP contribution < -0.4 is 4.74 Å². The first-order chi connectivity index (χ1) is 23.2. The van der Waals surface area contributed by atoms with Gasteiger partial charge in [-0.05, 0) is 83.6 Å². The number of rotatable bonds is 7. The van der Waals surface area contributed by atoms with Crippen molar-refractivity contribution in [3.63, 3.8) is 0 Å². The minimum absolute atomic E-state index is 0.0108. The maximum Gasteiger partial charge on any atom is 0.265 e. The number of carbonyl (C=O) groups is 3. The fraction of sp³-hybridized carbons (Fsp3) is 0.436. The number of carbonyl (C=O) groups excluding carboxylic acids is 3. The van der Waals surface area contributed by atoms with E-state index in [1.165, 1.54) is 0 Å². The highest BCUT2D eigenvalue weighted by molar-refractivity contribution is 6.74. The molecule has 1 unspecified atom stereocenters. The molecule has 3 aliphatic rings. The summed E-state index contributed by atoms with van der Waals surface area (Å²) in [5.41, 5.74) is 0.743. The zero-order chi connectivity index (χ0) is 35.0. The first-order valence-electron chi connectivity index (χ1n) is 17.0. The maximum atomic E-state index is 15.5. The van der Waals surface area contributed by atoms with E-state index in [2.05, 4.69) is 25.9 Å². The highest BCUT2D eigenvalue weighted by atomic mass is 28.4. The summed E-state index contributed by atoms with van der Waals surface area (Å²) in [5.74, 6) is -3.18. The lowest BCUT2D eigenvalue weighted by molar-refractivity contribution is -0.151. The third kappa shape index (κ3) is 5.06. The normalized spacial score (nSPS) is 25.2. The van der Waals surface area contributed by atoms with E-state index in [1.807, 2.05) is 92.8 Å². The Bertz CT molecular complexity index is 1980. The molecule has 5 atom stereocenters. The number of fused-ring (bicyclic) bond motifs is 5. The van der Waals surface area contributed by atoms with Crippen molar-refractivity contribution in [1.82, 2.24) is 10.1 Å². The van der Waals surface area contributed by atoms with Crippen LogP contribution >= 0.6 is 0 Å². The van der Waals surface area contributed by atoms with Crippen LogP contribution in [0.5, 0.6) is 5.88 Å². The molecule has 1 N–H and O–H groups in total. The molecule has 0 amide bonds. The molecular formula is C39H44N2O7Si. The molecular weight excluding hydrogens is 637 g/mol. The number of benzene rings is 3. The summed E-state index contributed by atoms with van der Waals surface area (Å²) >= 11 is 0. The van der Waals surface area contributed by atoms with Gasteiger partial charge in [0.2, 0.25) is 5.78 Å². The Labute approximate surface area is 287 Å². The molecule has 1 aromatic heterocycles. The predicted octanol–water partition coefficient (Wildman–Crippen LogP) is 6.72. The van der Waals surface area contributed by atoms with Crippen LogP contribution in [0.1, 0.15) is 76.4 Å². The largest absolute Gasteiger partial charge is 0.470 e. The van der Waals surface area contributed by atoms with Gasteiger partial charge in [-0.2, -0.15) is 0 Å². The fourth-order valence-corrected chi connectivity index (χ4v) is 9.65. The number of aromatic nitrogens is 1. The van der Waals surface area contributed by atoms with Gasteiger partial charge in [0.1, 0.15) is 12.2 Å². The van der Waals surface area contributed by atoms with Crippen LogP contribution in [-0.2, 0) is 28.9 Å². The van der Waals surface area contributed by atoms with E-state index >= 15 is 9.59 Å². The molecule has 0 radical (unpaired) electrons. The molecule has 1 fully saturated rings. The lowest BCUT2D eigenvalue weighted by Crippen LogP contribution is -2.70. The van der Waals surface area contributed by atoms with Crippen molar-refractivity contribution in [1.29, 1.82) is 0 Å². The summed E-state index contributed by atoms with van der Waals surface area (Å²) in [6.45, 7) is 10.1. The van der Waals surface area contributed by atoms with Gasteiger partial charge < -0.3 is 18.8 Å². The highest BCUT2D eigenvalue weighted by Crippen LogP contribution is 2.58. The lowest BCUT2D eigenvalue weighted by atomic mass is 9.54. The summed E-state index contributed by atoms with van der Waals surface area (Å²) in [5, 5.41) is 16.2. The molecule has 3 aliphatic carbocycles. The second kappa shape index (κ2) is 11.8. The minimum atomic E-state index is -2.85. The molecule has 4 aromatic rings. The van der Waals surface area contributed by atoms with Crippen molar-refractivity contribution in [2.45, 2.75) is 76.6 Å². The number of hydrogen-bond acceptors (Lipinski definition) is 9. The molecule has 0 aliphatic heterocycles. The van der Waals surface area contributed by atoms with Gasteiger partial charge in [0.15, 0.2) is 31.2 Å². The Morgan fingerprint density at radius 2 is 1.71 bits per heavy atom. The molecule has 256 valence electrons. The van der Waals surface area contributed by atoms with E-state index in [-0.39, 0.29) is 41.4 Å². The number of ketones is 3. The Balaban J connectivity index is 1.41. The molecule has 1 saturated carbocycles. The van der Waals surface area contributed by atoms with E-state index in [1.54, 1.807) is 0 Å². The van der Waals surface area contributed by atoms with E-state index in [4.69, 9.17) is 13.7 Å². The average Bonchev–Trinajstić information content (AvgIpc) is 3.47. The van der Waals surface area contributed by atoms with Gasteiger partial charge in [-0.25, -0.2) is 0 Å². The minimum Gasteiger partial charge on any atom is -0.470 e. The molecule has 3 aromatic carbocycles. The summed E-state index contributed by atoms with van der Waals surface area (Å²) in [6, 6.07) is 18.7. The van der Waals surface area contributed by atoms with Crippen LogP contribution in [0.4, 0.5) is 0 Å². The predicted molar refractivity (Wildman–Crippen MR) is 187 cm³/mol. The van der Waals surface area contributed by atoms with Gasteiger partial charge >= 0.3 is 0 Å². The summed E-state index contributed by atoms with van der Waals surface area (Å²) in [7, 11) is 0.935. The van der Waals surface area contributed by atoms with Crippen molar-refractivity contribution in [3.8, 4) is 5.88 Å². The number of Topliss-reactive ketones (excluding diaryl/α,β-unsaturated/α-hetero) is 3. The molecule has 49 heavy (non-hydrogen) atoms. The molecule has 0 spiro atoms. The van der Waals surface area contributed by atoms with Gasteiger partial charge in [-0.3, -0.25) is 19.3 Å². The Morgan fingerprint density at radius 3 is 2.39 bits per heavy atom. The van der Waals surface area contributed by atoms with Gasteiger partial charge in [0.05, 0.1) is 18.6 Å². The van der Waals surface area contributed by atoms with Gasteiger partial charge in [-0.1, -0.05) is 81.4 Å². The Morgan fingerprint density at radius 1 is 1.02 bits per heavy atom. The third-order valence-corrected chi connectivity index (χ3v) is 15.9. The highest BCUT2D eigenvalue weighted by Gasteiger charge is 2.70. The second-order valence-corrected chi connectivity index (χ2v) is 20.3. The molecule has 0 bridgehead atoms. The van der Waals surface area contributed by atoms with Crippen molar-refractivity contribution < 1.29 is 33.2 Å². The molecule has 0 saturated heterocycles. The van der Waals surface area contributed by atoms with Gasteiger partial charge in [0, 0.05) is 11.5 Å². The van der Waals surface area contributed by atoms with Crippen LogP contribution in [0.3, 0.4) is 0 Å². The lowest BCUT2D eigenvalue weighted by Gasteiger charge is -2.56. The fourth-order valence-electron chi connectivity index (χ4n) is 8.19. The standard InChI is InChI=1S/C39H44N2O7Si/c1-38(2,3)49(6,7)48-39-28(32(41(4)5)34-31(36(39)45)37(40-47-34)46-21-22-13-9-8-10-14-22)19-25-18-24-17-23-15-11-12-16-26(23)27(20-42)29(24)33(43)30(25)35(39)44/h8-17,25,28,30,32,42H,18-21H2,1-7H3/t25-,28-,30?,32-,39-/m0/s1. The quantitative estimate of drug-likeness (QED) is 0.168. The summed E-state index contributed by atoms with van der Waals surface area (Å²) < 4.78 is 19.3. The van der Waals surface area contributed by atoms with Crippen LogP contribution in [0.15, 0.2) is 65.2 Å². The molecule has 10 heteroatoms. The van der Waals surface area contributed by atoms with Gasteiger partial charge in [0.25, 0.3) is 5.88 Å². The van der Waals surface area contributed by atoms with E-state index < -0.39 is 43.4 Å². The Kier molecular flexibility index (Phi) is 8.09. The molecule has 9 nitrogen and oxygen atoms in total. The van der Waals surface area contributed by atoms with Crippen LogP contribution in [0, 0.1) is 17.8 Å². The summed E-state index contributed by atoms with van der Waals surface area (Å²) in [6.07, 6.45) is 0.845. The van der Waals surface area contributed by atoms with E-state index in [0.717, 1.165) is 21.9 Å². The Hall–Kier alpha value is -3.96. The molecule has 1 heterocycles.